The van der Waals surface area contributed by atoms with E-state index in [-0.39, 0.29) is 17.8 Å². The van der Waals surface area contributed by atoms with Gasteiger partial charge in [0.2, 0.25) is 5.78 Å². The summed E-state index contributed by atoms with van der Waals surface area (Å²) in [4.78, 5) is 46.7. The molecule has 0 fully saturated rings. The minimum atomic E-state index is -4.20. The van der Waals surface area contributed by atoms with Gasteiger partial charge in [0, 0.05) is 24.2 Å². The number of quaternary nitrogens is 1. The van der Waals surface area contributed by atoms with Crippen molar-refractivity contribution in [3.63, 3.8) is 0 Å². The van der Waals surface area contributed by atoms with Crippen LogP contribution < -0.4 is 10.5 Å². The normalized spacial score (nSPS) is 13.3. The Balaban J connectivity index is 2.80. The molecule has 0 aliphatic carbocycles. The van der Waals surface area contributed by atoms with Crippen LogP contribution in [0, 0.1) is 11.1 Å². The number of methoxy groups -OCH3 is 1. The van der Waals surface area contributed by atoms with Crippen LogP contribution >= 0.6 is 0 Å². The van der Waals surface area contributed by atoms with Crippen LogP contribution in [0.2, 0.25) is 0 Å². The molecule has 1 aromatic carbocycles. The number of ketones is 2. The number of hydrogen-bond donors (Lipinski definition) is 3. The number of hydrogen-bond acceptors (Lipinski definition) is 9. The fourth-order valence-corrected chi connectivity index (χ4v) is 3.80. The Morgan fingerprint density at radius 3 is 2.46 bits per heavy atom. The molecule has 0 saturated heterocycles. The van der Waals surface area contributed by atoms with Gasteiger partial charge in [-0.2, -0.15) is 5.23 Å². The van der Waals surface area contributed by atoms with Gasteiger partial charge in [0.25, 0.3) is 5.91 Å². The number of ether oxygens (including phenoxy) is 1. The van der Waals surface area contributed by atoms with Crippen molar-refractivity contribution in [3.8, 4) is 0 Å². The number of sulfone groups is 1. The maximum absolute atomic E-state index is 12.2. The lowest BCUT2D eigenvalue weighted by Crippen LogP contribution is -2.99. The third kappa shape index (κ3) is 7.52. The van der Waals surface area contributed by atoms with Crippen LogP contribution in [0.3, 0.4) is 0 Å². The van der Waals surface area contributed by atoms with E-state index >= 15 is 0 Å². The van der Waals surface area contributed by atoms with E-state index in [1.807, 2.05) is 0 Å². The van der Waals surface area contributed by atoms with E-state index in [1.54, 1.807) is 0 Å². The second-order valence-corrected chi connectivity index (χ2v) is 8.05. The van der Waals surface area contributed by atoms with Gasteiger partial charge in [-0.05, 0) is 13.0 Å². The molecule has 11 nitrogen and oxygen atoms in total. The van der Waals surface area contributed by atoms with Crippen molar-refractivity contribution < 1.29 is 42.8 Å². The smallest absolute Gasteiger partial charge is 0.310 e. The molecule has 0 aliphatic heterocycles. The fourth-order valence-electron chi connectivity index (χ4n) is 2.29. The van der Waals surface area contributed by atoms with Crippen LogP contribution in [-0.2, 0) is 33.8 Å². The number of amides is 1. The maximum Gasteiger partial charge on any atom is 0.310 e. The van der Waals surface area contributed by atoms with Crippen molar-refractivity contribution >= 4 is 44.7 Å². The zero-order chi connectivity index (χ0) is 21.5. The molecule has 28 heavy (non-hydrogen) atoms. The zero-order valence-electron chi connectivity index (χ0n) is 15.1. The Labute approximate surface area is 160 Å². The summed E-state index contributed by atoms with van der Waals surface area (Å²) < 4.78 is 28.8. The van der Waals surface area contributed by atoms with E-state index in [1.165, 1.54) is 25.1 Å². The SMILES string of the molecule is COC(=O)C(CC(C)=O)CS(=O)(=O)CC(=O)C(=O)Nc1cccc([NH+]([O-])O)c1. The van der Waals surface area contributed by atoms with Crippen molar-refractivity contribution in [2.75, 3.05) is 23.9 Å². The zero-order valence-corrected chi connectivity index (χ0v) is 15.9. The van der Waals surface area contributed by atoms with Crippen LogP contribution in [0.5, 0.6) is 0 Å². The lowest BCUT2D eigenvalue weighted by atomic mass is 10.1. The van der Waals surface area contributed by atoms with Gasteiger partial charge in [-0.15, -0.1) is 0 Å². The van der Waals surface area contributed by atoms with E-state index in [0.717, 1.165) is 13.2 Å². The highest BCUT2D eigenvalue weighted by molar-refractivity contribution is 7.92. The number of carbonyl (C=O) groups excluding carboxylic acids is 4. The first-order chi connectivity index (χ1) is 12.9. The molecule has 0 radical (unpaired) electrons. The summed E-state index contributed by atoms with van der Waals surface area (Å²) >= 11 is 0. The number of benzene rings is 1. The van der Waals surface area contributed by atoms with Gasteiger partial charge >= 0.3 is 5.97 Å². The monoisotopic (exact) mass is 416 g/mol. The predicted octanol–water partition coefficient (Wildman–Crippen LogP) is -1.22. The average Bonchev–Trinajstić information content (AvgIpc) is 2.59. The Hall–Kier alpha value is -2.67. The number of anilines is 1. The number of nitrogens with one attached hydrogen (secondary N) is 2. The second-order valence-electron chi connectivity index (χ2n) is 5.94. The molecule has 1 aromatic rings. The maximum atomic E-state index is 12.2. The van der Waals surface area contributed by atoms with E-state index < -0.39 is 55.9 Å². The average molecular weight is 416 g/mol. The Kier molecular flexibility index (Phi) is 8.37. The van der Waals surface area contributed by atoms with Crippen molar-refractivity contribution in [2.24, 2.45) is 5.92 Å². The summed E-state index contributed by atoms with van der Waals surface area (Å²) in [6.45, 7) is 1.17. The Morgan fingerprint density at radius 2 is 1.93 bits per heavy atom. The van der Waals surface area contributed by atoms with Crippen molar-refractivity contribution in [1.29, 1.82) is 0 Å². The summed E-state index contributed by atoms with van der Waals surface area (Å²) in [5.41, 5.74) is -0.136. The molecule has 2 atom stereocenters. The minimum absolute atomic E-state index is 0.000310. The molecule has 0 heterocycles. The number of carbonyl (C=O) groups is 4. The van der Waals surface area contributed by atoms with Gasteiger partial charge in [0.05, 0.1) is 18.8 Å². The van der Waals surface area contributed by atoms with Gasteiger partial charge in [-0.25, -0.2) is 13.6 Å². The first kappa shape index (κ1) is 23.4. The van der Waals surface area contributed by atoms with Gasteiger partial charge in [-0.1, -0.05) is 6.07 Å². The van der Waals surface area contributed by atoms with Gasteiger partial charge in [-0.3, -0.25) is 14.4 Å². The van der Waals surface area contributed by atoms with Gasteiger partial charge < -0.3 is 20.1 Å². The molecule has 154 valence electrons. The second kappa shape index (κ2) is 10.0. The molecule has 3 N–H and O–H groups in total. The molecule has 0 aromatic heterocycles. The van der Waals surface area contributed by atoms with E-state index in [4.69, 9.17) is 5.21 Å². The molecule has 0 spiro atoms. The quantitative estimate of drug-likeness (QED) is 0.240. The standard InChI is InChI=1S/C16H20N2O9S/c1-10(19)6-11(16(22)27-2)8-28(25,26)9-14(20)15(21)17-12-4-3-5-13(7-12)18(23)24/h3-5,7,11,18,23H,6,8-9H2,1-2H3,(H,17,21). The van der Waals surface area contributed by atoms with E-state index in [9.17, 15) is 32.8 Å². The Morgan fingerprint density at radius 1 is 1.29 bits per heavy atom. The molecule has 0 bridgehead atoms. The Bertz CT molecular complexity index is 865. The first-order valence-electron chi connectivity index (χ1n) is 7.90. The molecule has 0 aliphatic rings. The summed E-state index contributed by atoms with van der Waals surface area (Å²) in [5.74, 6) is -7.19. The number of esters is 1. The first-order valence-corrected chi connectivity index (χ1v) is 9.72. The molecule has 0 saturated carbocycles. The predicted molar refractivity (Wildman–Crippen MR) is 95.3 cm³/mol. The van der Waals surface area contributed by atoms with Crippen molar-refractivity contribution in [3.05, 3.63) is 29.5 Å². The minimum Gasteiger partial charge on any atom is -0.595 e. The number of Topliss-reactive ketones (excluding diaryl/α,β-unsaturated/α-hetero) is 2. The van der Waals surface area contributed by atoms with Gasteiger partial charge in [0.15, 0.2) is 15.5 Å². The number of rotatable bonds is 10. The molecular weight excluding hydrogens is 396 g/mol. The summed E-state index contributed by atoms with van der Waals surface area (Å²) in [6, 6.07) is 5.03. The summed E-state index contributed by atoms with van der Waals surface area (Å²) in [7, 11) is -3.16. The van der Waals surface area contributed by atoms with Crippen LogP contribution in [-0.4, -0.2) is 55.7 Å². The highest BCUT2D eigenvalue weighted by Crippen LogP contribution is 2.13. The molecule has 12 heteroatoms. The lowest BCUT2D eigenvalue weighted by molar-refractivity contribution is -0.991. The van der Waals surface area contributed by atoms with E-state index in [0.29, 0.717) is 0 Å². The molecular formula is C16H20N2O9S. The fraction of sp³-hybridized carbons (Fsp3) is 0.375. The summed E-state index contributed by atoms with van der Waals surface area (Å²) in [5, 5.41) is 20.7. The van der Waals surface area contributed by atoms with Gasteiger partial charge in [0.1, 0.15) is 11.5 Å². The van der Waals surface area contributed by atoms with E-state index in [2.05, 4.69) is 10.1 Å². The van der Waals surface area contributed by atoms with Crippen LogP contribution in [0.25, 0.3) is 0 Å². The highest BCUT2D eigenvalue weighted by atomic mass is 32.2. The van der Waals surface area contributed by atoms with Crippen LogP contribution in [0.1, 0.15) is 13.3 Å². The summed E-state index contributed by atoms with van der Waals surface area (Å²) in [6.07, 6.45) is -0.381. The molecule has 2 unspecified atom stereocenters. The van der Waals surface area contributed by atoms with Crippen molar-refractivity contribution in [2.45, 2.75) is 13.3 Å². The van der Waals surface area contributed by atoms with Crippen LogP contribution in [0.4, 0.5) is 11.4 Å². The largest absolute Gasteiger partial charge is 0.595 e. The van der Waals surface area contributed by atoms with Crippen LogP contribution in [0.15, 0.2) is 24.3 Å². The van der Waals surface area contributed by atoms with Crippen molar-refractivity contribution in [1.82, 2.24) is 0 Å². The third-order valence-corrected chi connectivity index (χ3v) is 5.11. The molecule has 1 amide bonds. The highest BCUT2D eigenvalue weighted by Gasteiger charge is 2.30. The molecule has 1 rings (SSSR count). The lowest BCUT2D eigenvalue weighted by Gasteiger charge is -2.14. The topological polar surface area (TPSA) is 171 Å². The third-order valence-electron chi connectivity index (χ3n) is 3.50.